The molecule has 0 aromatic heterocycles. The van der Waals surface area contributed by atoms with E-state index in [4.69, 9.17) is 9.84 Å². The number of amides is 1. The number of ketones is 1. The van der Waals surface area contributed by atoms with Crippen LogP contribution in [0.4, 0.5) is 4.39 Å². The maximum Gasteiger partial charge on any atom is 0.308 e. The highest BCUT2D eigenvalue weighted by atomic mass is 19.1. The van der Waals surface area contributed by atoms with Gasteiger partial charge in [-0.2, -0.15) is 0 Å². The third-order valence-corrected chi connectivity index (χ3v) is 4.59. The Kier molecular flexibility index (Phi) is 6.12. The largest absolute Gasteiger partial charge is 0.494 e. The van der Waals surface area contributed by atoms with Gasteiger partial charge in [-0.15, -0.1) is 0 Å². The Morgan fingerprint density at radius 1 is 1.28 bits per heavy atom. The first kappa shape index (κ1) is 18.9. The highest BCUT2D eigenvalue weighted by molar-refractivity contribution is 5.98. The van der Waals surface area contributed by atoms with Crippen LogP contribution in [0.3, 0.4) is 0 Å². The average Bonchev–Trinajstić information content (AvgIpc) is 2.59. The average molecular weight is 351 g/mol. The molecule has 2 rings (SSSR count). The smallest absolute Gasteiger partial charge is 0.308 e. The lowest BCUT2D eigenvalue weighted by atomic mass is 9.93. The van der Waals surface area contributed by atoms with E-state index in [1.54, 1.807) is 0 Å². The first-order chi connectivity index (χ1) is 11.8. The molecular formula is C18H22FNO5. The lowest BCUT2D eigenvalue weighted by Crippen LogP contribution is -2.47. The molecule has 25 heavy (non-hydrogen) atoms. The second kappa shape index (κ2) is 8.09. The number of hydrogen-bond donors (Lipinski definition) is 1. The van der Waals surface area contributed by atoms with Crippen LogP contribution in [0.15, 0.2) is 18.2 Å². The Hall–Kier alpha value is -2.44. The summed E-state index contributed by atoms with van der Waals surface area (Å²) in [6.45, 7) is 2.04. The Bertz CT molecular complexity index is 675. The van der Waals surface area contributed by atoms with E-state index in [0.29, 0.717) is 12.8 Å². The van der Waals surface area contributed by atoms with Crippen LogP contribution >= 0.6 is 0 Å². The van der Waals surface area contributed by atoms with E-state index in [2.05, 4.69) is 0 Å². The number of hydrogen-bond acceptors (Lipinski definition) is 4. The zero-order valence-electron chi connectivity index (χ0n) is 14.3. The minimum atomic E-state index is -0.908. The summed E-state index contributed by atoms with van der Waals surface area (Å²) in [5.74, 6) is -2.64. The number of aliphatic carboxylic acids is 1. The summed E-state index contributed by atoms with van der Waals surface area (Å²) in [5, 5.41) is 9.12. The minimum absolute atomic E-state index is 0.0246. The summed E-state index contributed by atoms with van der Waals surface area (Å²) in [7, 11) is 1.34. The number of ether oxygens (including phenoxy) is 1. The predicted molar refractivity (Wildman–Crippen MR) is 88.1 cm³/mol. The minimum Gasteiger partial charge on any atom is -0.494 e. The van der Waals surface area contributed by atoms with E-state index in [9.17, 15) is 18.8 Å². The molecule has 0 bridgehead atoms. The molecule has 1 fully saturated rings. The third kappa shape index (κ3) is 4.55. The van der Waals surface area contributed by atoms with Crippen LogP contribution in [0.2, 0.25) is 0 Å². The van der Waals surface area contributed by atoms with Crippen molar-refractivity contribution in [2.24, 2.45) is 5.92 Å². The summed E-state index contributed by atoms with van der Waals surface area (Å²) < 4.78 is 18.5. The molecule has 0 aliphatic carbocycles. The monoisotopic (exact) mass is 351 g/mol. The molecule has 1 saturated heterocycles. The number of carbonyl (C=O) groups is 3. The lowest BCUT2D eigenvalue weighted by molar-refractivity contribution is -0.147. The van der Waals surface area contributed by atoms with Crippen molar-refractivity contribution in [3.05, 3.63) is 29.6 Å². The van der Waals surface area contributed by atoms with E-state index in [0.717, 1.165) is 6.07 Å². The van der Waals surface area contributed by atoms with Crippen molar-refractivity contribution in [2.45, 2.75) is 38.6 Å². The Morgan fingerprint density at radius 2 is 2.00 bits per heavy atom. The molecular weight excluding hydrogens is 329 g/mol. The van der Waals surface area contributed by atoms with Crippen LogP contribution in [0, 0.1) is 11.7 Å². The maximum absolute atomic E-state index is 13.7. The predicted octanol–water partition coefficient (Wildman–Crippen LogP) is 2.51. The number of nitrogens with zero attached hydrogens (tertiary/aromatic N) is 1. The molecule has 1 N–H and O–H groups in total. The van der Waals surface area contributed by atoms with Crippen LogP contribution < -0.4 is 4.74 Å². The van der Waals surface area contributed by atoms with Crippen molar-refractivity contribution < 1.29 is 28.6 Å². The van der Waals surface area contributed by atoms with Gasteiger partial charge in [0.15, 0.2) is 17.3 Å². The molecule has 1 amide bonds. The summed E-state index contributed by atoms with van der Waals surface area (Å²) in [5.41, 5.74) is 0.182. The zero-order valence-corrected chi connectivity index (χ0v) is 14.3. The number of likely N-dealkylation sites (tertiary alicyclic amines) is 1. The molecule has 1 aliphatic heterocycles. The molecule has 1 aromatic rings. The standard InChI is InChI=1S/C18H22FNO5/c1-11-3-4-13(18(23)24)10-20(11)17(22)8-6-15(21)12-5-7-16(25-2)14(19)9-12/h5,7,9,11,13H,3-4,6,8,10H2,1-2H3,(H,23,24). The normalized spacial score (nSPS) is 20.2. The first-order valence-electron chi connectivity index (χ1n) is 8.22. The number of carbonyl (C=O) groups excluding carboxylic acids is 2. The van der Waals surface area contributed by atoms with Crippen LogP contribution in [-0.2, 0) is 9.59 Å². The van der Waals surface area contributed by atoms with Gasteiger partial charge in [-0.05, 0) is 38.0 Å². The Morgan fingerprint density at radius 3 is 2.60 bits per heavy atom. The van der Waals surface area contributed by atoms with Crippen molar-refractivity contribution in [3.63, 3.8) is 0 Å². The number of carboxylic acid groups (broad SMARTS) is 1. The van der Waals surface area contributed by atoms with E-state index >= 15 is 0 Å². The fourth-order valence-corrected chi connectivity index (χ4v) is 3.00. The van der Waals surface area contributed by atoms with Crippen molar-refractivity contribution in [2.75, 3.05) is 13.7 Å². The van der Waals surface area contributed by atoms with Crippen LogP contribution in [0.25, 0.3) is 0 Å². The molecule has 6 nitrogen and oxygen atoms in total. The third-order valence-electron chi connectivity index (χ3n) is 4.59. The fourth-order valence-electron chi connectivity index (χ4n) is 3.00. The zero-order chi connectivity index (χ0) is 18.6. The number of rotatable bonds is 6. The lowest BCUT2D eigenvalue weighted by Gasteiger charge is -2.36. The van der Waals surface area contributed by atoms with E-state index in [-0.39, 0.29) is 48.4 Å². The molecule has 2 unspecified atom stereocenters. The van der Waals surface area contributed by atoms with Gasteiger partial charge in [-0.25, -0.2) is 4.39 Å². The number of piperidine rings is 1. The SMILES string of the molecule is COc1ccc(C(=O)CCC(=O)N2CC(C(=O)O)CCC2C)cc1F. The van der Waals surface area contributed by atoms with E-state index < -0.39 is 17.7 Å². The molecule has 1 aromatic carbocycles. The number of benzene rings is 1. The number of Topliss-reactive ketones (excluding diaryl/α,β-unsaturated/α-hetero) is 1. The first-order valence-corrected chi connectivity index (χ1v) is 8.22. The molecule has 0 saturated carbocycles. The number of carboxylic acids is 1. The highest BCUT2D eigenvalue weighted by Gasteiger charge is 2.32. The summed E-state index contributed by atoms with van der Waals surface area (Å²) in [6.07, 6.45) is 1.10. The fraction of sp³-hybridized carbons (Fsp3) is 0.500. The van der Waals surface area contributed by atoms with Crippen LogP contribution in [-0.4, -0.2) is 47.4 Å². The summed E-state index contributed by atoms with van der Waals surface area (Å²) in [4.78, 5) is 37.2. The Balaban J connectivity index is 1.95. The van der Waals surface area contributed by atoms with Gasteiger partial charge in [0, 0.05) is 31.0 Å². The number of methoxy groups -OCH3 is 1. The van der Waals surface area contributed by atoms with Crippen molar-refractivity contribution in [3.8, 4) is 5.75 Å². The molecule has 0 spiro atoms. The van der Waals surface area contributed by atoms with Crippen LogP contribution in [0.5, 0.6) is 5.75 Å². The van der Waals surface area contributed by atoms with Crippen molar-refractivity contribution in [1.29, 1.82) is 0 Å². The quantitative estimate of drug-likeness (QED) is 0.796. The van der Waals surface area contributed by atoms with E-state index in [1.165, 1.54) is 24.1 Å². The molecule has 1 aliphatic rings. The maximum atomic E-state index is 13.7. The summed E-state index contributed by atoms with van der Waals surface area (Å²) in [6, 6.07) is 3.87. The van der Waals surface area contributed by atoms with E-state index in [1.807, 2.05) is 6.92 Å². The topological polar surface area (TPSA) is 83.9 Å². The Labute approximate surface area is 145 Å². The van der Waals surface area contributed by atoms with Gasteiger partial charge in [-0.1, -0.05) is 0 Å². The van der Waals surface area contributed by atoms with Gasteiger partial charge in [0.1, 0.15) is 0 Å². The molecule has 136 valence electrons. The van der Waals surface area contributed by atoms with Gasteiger partial charge in [0.25, 0.3) is 0 Å². The van der Waals surface area contributed by atoms with Gasteiger partial charge in [-0.3, -0.25) is 14.4 Å². The molecule has 0 radical (unpaired) electrons. The number of halogens is 1. The van der Waals surface area contributed by atoms with Gasteiger partial charge >= 0.3 is 5.97 Å². The van der Waals surface area contributed by atoms with Crippen molar-refractivity contribution >= 4 is 17.7 Å². The summed E-state index contributed by atoms with van der Waals surface area (Å²) >= 11 is 0. The van der Waals surface area contributed by atoms with Crippen LogP contribution in [0.1, 0.15) is 43.0 Å². The molecule has 7 heteroatoms. The highest BCUT2D eigenvalue weighted by Crippen LogP contribution is 2.24. The van der Waals surface area contributed by atoms with Gasteiger partial charge < -0.3 is 14.7 Å². The molecule has 1 heterocycles. The van der Waals surface area contributed by atoms with Crippen molar-refractivity contribution in [1.82, 2.24) is 4.90 Å². The van der Waals surface area contributed by atoms with Gasteiger partial charge in [0.05, 0.1) is 13.0 Å². The second-order valence-electron chi connectivity index (χ2n) is 6.28. The second-order valence-corrected chi connectivity index (χ2v) is 6.28. The molecule has 2 atom stereocenters. The van der Waals surface area contributed by atoms with Gasteiger partial charge in [0.2, 0.25) is 5.91 Å².